The van der Waals surface area contributed by atoms with Crippen molar-refractivity contribution in [3.8, 4) is 0 Å². The zero-order chi connectivity index (χ0) is 17.9. The van der Waals surface area contributed by atoms with Gasteiger partial charge in [0.15, 0.2) is 0 Å². The predicted molar refractivity (Wildman–Crippen MR) is 97.4 cm³/mol. The van der Waals surface area contributed by atoms with Crippen molar-refractivity contribution < 1.29 is 4.79 Å². The maximum Gasteiger partial charge on any atom is 0.225 e. The Morgan fingerprint density at radius 3 is 3.08 bits per heavy atom. The second-order valence-corrected chi connectivity index (χ2v) is 6.38. The van der Waals surface area contributed by atoms with Gasteiger partial charge >= 0.3 is 0 Å². The topological polar surface area (TPSA) is 88.8 Å². The van der Waals surface area contributed by atoms with E-state index in [-0.39, 0.29) is 11.9 Å². The number of fused-ring (bicyclic) bond motifs is 1. The van der Waals surface area contributed by atoms with Crippen molar-refractivity contribution in [1.29, 1.82) is 0 Å². The number of aromatic nitrogens is 5. The Balaban J connectivity index is 1.46. The monoisotopic (exact) mass is 351 g/mol. The van der Waals surface area contributed by atoms with Crippen LogP contribution < -0.4 is 5.32 Å². The number of benzene rings is 1. The van der Waals surface area contributed by atoms with Crippen LogP contribution in [-0.4, -0.2) is 49.4 Å². The average Bonchev–Trinajstić information content (AvgIpc) is 3.33. The minimum absolute atomic E-state index is 0.00390. The third-order valence-corrected chi connectivity index (χ3v) is 4.78. The summed E-state index contributed by atoms with van der Waals surface area (Å²) in [5.41, 5.74) is 2.64. The maximum atomic E-state index is 12.8. The van der Waals surface area contributed by atoms with Crippen LogP contribution in [0.2, 0.25) is 0 Å². The molecule has 4 rings (SSSR count). The molecule has 1 fully saturated rings. The molecule has 8 nitrogen and oxygen atoms in total. The van der Waals surface area contributed by atoms with Gasteiger partial charge in [-0.2, -0.15) is 0 Å². The predicted octanol–water partition coefficient (Wildman–Crippen LogP) is 2.02. The third kappa shape index (κ3) is 3.10. The Labute approximate surface area is 151 Å². The van der Waals surface area contributed by atoms with E-state index < -0.39 is 0 Å². The van der Waals surface area contributed by atoms with Gasteiger partial charge in [0.2, 0.25) is 5.91 Å². The molecule has 1 aromatic carbocycles. The lowest BCUT2D eigenvalue weighted by molar-refractivity contribution is -0.132. The molecule has 1 amide bonds. The van der Waals surface area contributed by atoms with Crippen molar-refractivity contribution in [2.45, 2.75) is 31.8 Å². The first-order valence-electron chi connectivity index (χ1n) is 8.83. The fourth-order valence-electron chi connectivity index (χ4n) is 3.46. The molecule has 0 bridgehead atoms. The summed E-state index contributed by atoms with van der Waals surface area (Å²) in [4.78, 5) is 23.5. The molecule has 3 aromatic rings. The zero-order valence-electron chi connectivity index (χ0n) is 14.7. The van der Waals surface area contributed by atoms with Crippen molar-refractivity contribution in [2.75, 3.05) is 18.9 Å². The summed E-state index contributed by atoms with van der Waals surface area (Å²) in [5.74, 6) is 0.833. The van der Waals surface area contributed by atoms with E-state index in [2.05, 4.69) is 25.6 Å². The van der Waals surface area contributed by atoms with Crippen molar-refractivity contribution >= 4 is 22.8 Å². The zero-order valence-corrected chi connectivity index (χ0v) is 14.7. The first-order valence-corrected chi connectivity index (χ1v) is 8.83. The van der Waals surface area contributed by atoms with Crippen LogP contribution in [0.25, 0.3) is 11.0 Å². The number of nitrogens with zero attached hydrogens (tertiary/aromatic N) is 6. The van der Waals surface area contributed by atoms with Gasteiger partial charge in [0.25, 0.3) is 0 Å². The SMILES string of the molecule is CNc1cncc(C2CCCN2C(=O)CCn2nnc3ccccc32)n1. The van der Waals surface area contributed by atoms with Crippen LogP contribution in [0, 0.1) is 0 Å². The number of anilines is 1. The first kappa shape index (κ1) is 16.4. The molecular weight excluding hydrogens is 330 g/mol. The molecule has 0 saturated carbocycles. The Morgan fingerprint density at radius 2 is 2.19 bits per heavy atom. The highest BCUT2D eigenvalue weighted by molar-refractivity contribution is 5.78. The van der Waals surface area contributed by atoms with Crippen molar-refractivity contribution in [1.82, 2.24) is 29.9 Å². The molecular formula is C18H21N7O. The number of hydrogen-bond donors (Lipinski definition) is 1. The molecule has 8 heteroatoms. The van der Waals surface area contributed by atoms with Gasteiger partial charge in [-0.3, -0.25) is 9.78 Å². The van der Waals surface area contributed by atoms with Crippen LogP contribution in [-0.2, 0) is 11.3 Å². The number of aryl methyl sites for hydroxylation is 1. The number of hydrogen-bond acceptors (Lipinski definition) is 6. The van der Waals surface area contributed by atoms with Crippen molar-refractivity contribution in [3.05, 3.63) is 42.4 Å². The quantitative estimate of drug-likeness (QED) is 0.756. The van der Waals surface area contributed by atoms with E-state index in [1.165, 1.54) is 0 Å². The fraction of sp³-hybridized carbons (Fsp3) is 0.389. The number of carbonyl (C=O) groups excluding carboxylic acids is 1. The van der Waals surface area contributed by atoms with Gasteiger partial charge in [0.1, 0.15) is 11.3 Å². The van der Waals surface area contributed by atoms with Crippen molar-refractivity contribution in [3.63, 3.8) is 0 Å². The van der Waals surface area contributed by atoms with Crippen molar-refractivity contribution in [2.24, 2.45) is 0 Å². The molecule has 0 radical (unpaired) electrons. The maximum absolute atomic E-state index is 12.8. The molecule has 26 heavy (non-hydrogen) atoms. The summed E-state index contributed by atoms with van der Waals surface area (Å²) in [5, 5.41) is 11.3. The Bertz CT molecular complexity index is 923. The molecule has 3 heterocycles. The normalized spacial score (nSPS) is 17.0. The molecule has 134 valence electrons. The minimum atomic E-state index is -0.00390. The average molecular weight is 351 g/mol. The second-order valence-electron chi connectivity index (χ2n) is 6.38. The Hall–Kier alpha value is -3.03. The van der Waals surface area contributed by atoms with Crippen LogP contribution in [0.1, 0.15) is 31.0 Å². The number of nitrogens with one attached hydrogen (secondary N) is 1. The molecule has 0 spiro atoms. The number of likely N-dealkylation sites (tertiary alicyclic amines) is 1. The van der Waals surface area contributed by atoms with Gasteiger partial charge in [-0.1, -0.05) is 17.3 Å². The van der Waals surface area contributed by atoms with Crippen LogP contribution in [0.5, 0.6) is 0 Å². The standard InChI is InChI=1S/C18H21N7O/c1-19-17-12-20-11-14(21-17)15-7-4-9-24(15)18(26)8-10-25-16-6-3-2-5-13(16)22-23-25/h2-3,5-6,11-12,15H,4,7-10H2,1H3,(H,19,21). The fourth-order valence-corrected chi connectivity index (χ4v) is 3.46. The summed E-state index contributed by atoms with van der Waals surface area (Å²) in [7, 11) is 1.81. The first-order chi connectivity index (χ1) is 12.8. The van der Waals surface area contributed by atoms with Crippen LogP contribution in [0.4, 0.5) is 5.82 Å². The molecule has 1 aliphatic heterocycles. The number of rotatable bonds is 5. The van der Waals surface area contributed by atoms with E-state index in [9.17, 15) is 4.79 Å². The summed E-state index contributed by atoms with van der Waals surface area (Å²) < 4.78 is 1.79. The van der Waals surface area contributed by atoms with Gasteiger partial charge < -0.3 is 10.2 Å². The second kappa shape index (κ2) is 7.07. The van der Waals surface area contributed by atoms with E-state index in [0.29, 0.717) is 13.0 Å². The highest BCUT2D eigenvalue weighted by Crippen LogP contribution is 2.31. The lowest BCUT2D eigenvalue weighted by Crippen LogP contribution is -2.31. The number of carbonyl (C=O) groups is 1. The van der Waals surface area contributed by atoms with Gasteiger partial charge in [0, 0.05) is 20.0 Å². The summed E-state index contributed by atoms with van der Waals surface area (Å²) in [6.45, 7) is 1.28. The molecule has 1 N–H and O–H groups in total. The van der Waals surface area contributed by atoms with Gasteiger partial charge in [-0.05, 0) is 25.0 Å². The molecule has 1 atom stereocenters. The van der Waals surface area contributed by atoms with E-state index in [4.69, 9.17) is 0 Å². The van der Waals surface area contributed by atoms with E-state index in [1.807, 2.05) is 36.2 Å². The lowest BCUT2D eigenvalue weighted by atomic mass is 10.1. The van der Waals surface area contributed by atoms with Crippen LogP contribution in [0.3, 0.4) is 0 Å². The van der Waals surface area contributed by atoms with Crippen LogP contribution in [0.15, 0.2) is 36.7 Å². The Kier molecular flexibility index (Phi) is 4.47. The van der Waals surface area contributed by atoms with Crippen LogP contribution >= 0.6 is 0 Å². The van der Waals surface area contributed by atoms with E-state index in [1.54, 1.807) is 17.1 Å². The smallest absolute Gasteiger partial charge is 0.225 e. The lowest BCUT2D eigenvalue weighted by Gasteiger charge is -2.24. The number of amides is 1. The summed E-state index contributed by atoms with van der Waals surface area (Å²) >= 11 is 0. The molecule has 0 aliphatic carbocycles. The van der Waals surface area contributed by atoms with Gasteiger partial charge in [-0.25, -0.2) is 9.67 Å². The largest absolute Gasteiger partial charge is 0.372 e. The highest BCUT2D eigenvalue weighted by atomic mass is 16.2. The summed E-state index contributed by atoms with van der Waals surface area (Å²) in [6.07, 6.45) is 5.72. The van der Waals surface area contributed by atoms with E-state index >= 15 is 0 Å². The molecule has 2 aromatic heterocycles. The van der Waals surface area contributed by atoms with Gasteiger partial charge in [0.05, 0.1) is 36.2 Å². The number of para-hydroxylation sites is 1. The Morgan fingerprint density at radius 1 is 1.31 bits per heavy atom. The molecule has 1 aliphatic rings. The van der Waals surface area contributed by atoms with E-state index in [0.717, 1.165) is 41.9 Å². The minimum Gasteiger partial charge on any atom is -0.372 e. The molecule has 1 unspecified atom stereocenters. The summed E-state index contributed by atoms with van der Waals surface area (Å²) in [6, 6.07) is 7.77. The van der Waals surface area contributed by atoms with Gasteiger partial charge in [-0.15, -0.1) is 5.10 Å². The highest BCUT2D eigenvalue weighted by Gasteiger charge is 2.31. The third-order valence-electron chi connectivity index (χ3n) is 4.78. The molecule has 1 saturated heterocycles.